The van der Waals surface area contributed by atoms with Gasteiger partial charge in [-0.1, -0.05) is 42.5 Å². The summed E-state index contributed by atoms with van der Waals surface area (Å²) >= 11 is 0. The Morgan fingerprint density at radius 2 is 1.75 bits per heavy atom. The Morgan fingerprint density at radius 1 is 1.06 bits per heavy atom. The van der Waals surface area contributed by atoms with E-state index in [0.717, 1.165) is 18.4 Å². The molecule has 0 spiro atoms. The summed E-state index contributed by atoms with van der Waals surface area (Å²) in [5.41, 5.74) is 0.995. The van der Waals surface area contributed by atoms with E-state index in [1.54, 1.807) is 24.8 Å². The van der Waals surface area contributed by atoms with Gasteiger partial charge in [0.05, 0.1) is 11.5 Å². The summed E-state index contributed by atoms with van der Waals surface area (Å²) in [5.74, 6) is -0.465. The van der Waals surface area contributed by atoms with Gasteiger partial charge in [-0.3, -0.25) is 0 Å². The molecule has 2 aromatic carbocycles. The molecule has 1 aliphatic heterocycles. The SMILES string of the molecule is C[C@H]1CC[C@H](c2ccccc2)S(=O)(=O)N1Cc1ccc(C2(C#N)CCC(n3cnnc3)CC2)cc1F. The van der Waals surface area contributed by atoms with Gasteiger partial charge in [0.15, 0.2) is 0 Å². The molecular formula is C27H30FN5O2S. The zero-order chi connectivity index (χ0) is 25.3. The van der Waals surface area contributed by atoms with Crippen LogP contribution in [0.25, 0.3) is 0 Å². The number of rotatable bonds is 5. The van der Waals surface area contributed by atoms with Gasteiger partial charge in [0.1, 0.15) is 23.7 Å². The molecule has 2 heterocycles. The standard InChI is InChI=1S/C27H30FN5O2S/c1-20-7-10-26(21-5-3-2-4-6-21)36(34,35)33(20)16-22-8-9-23(15-25(22)28)27(17-29)13-11-24(12-14-27)32-18-30-31-19-32/h2-6,8-9,15,18-20,24,26H,7,10-14,16H2,1H3/t20-,24?,26+,27?/m0/s1. The number of nitrogens with zero attached hydrogens (tertiary/aromatic N) is 5. The van der Waals surface area contributed by atoms with Gasteiger partial charge >= 0.3 is 0 Å². The fourth-order valence-corrected chi connectivity index (χ4v) is 7.94. The van der Waals surface area contributed by atoms with E-state index in [1.807, 2.05) is 41.8 Å². The summed E-state index contributed by atoms with van der Waals surface area (Å²) in [7, 11) is -3.65. The summed E-state index contributed by atoms with van der Waals surface area (Å²) in [4.78, 5) is 0. The van der Waals surface area contributed by atoms with Crippen LogP contribution in [0.1, 0.15) is 73.4 Å². The normalized spacial score (nSPS) is 28.4. The zero-order valence-electron chi connectivity index (χ0n) is 20.3. The van der Waals surface area contributed by atoms with E-state index < -0.39 is 26.5 Å². The third-order valence-corrected chi connectivity index (χ3v) is 10.4. The fourth-order valence-electron chi connectivity index (χ4n) is 5.75. The molecule has 7 nitrogen and oxygen atoms in total. The van der Waals surface area contributed by atoms with Crippen molar-refractivity contribution < 1.29 is 12.8 Å². The van der Waals surface area contributed by atoms with Crippen LogP contribution in [0.5, 0.6) is 0 Å². The van der Waals surface area contributed by atoms with E-state index in [2.05, 4.69) is 16.3 Å². The number of benzene rings is 2. The van der Waals surface area contributed by atoms with Crippen LogP contribution >= 0.6 is 0 Å². The maximum absolute atomic E-state index is 15.4. The average Bonchev–Trinajstić information content (AvgIpc) is 3.43. The highest BCUT2D eigenvalue weighted by atomic mass is 32.2. The molecule has 1 saturated carbocycles. The zero-order valence-corrected chi connectivity index (χ0v) is 21.1. The molecule has 0 bridgehead atoms. The summed E-state index contributed by atoms with van der Waals surface area (Å²) in [6.07, 6.45) is 7.42. The van der Waals surface area contributed by atoms with Gasteiger partial charge in [0.2, 0.25) is 10.0 Å². The highest BCUT2D eigenvalue weighted by molar-refractivity contribution is 7.89. The largest absolute Gasteiger partial charge is 0.317 e. The summed E-state index contributed by atoms with van der Waals surface area (Å²) in [6, 6.07) is 16.6. The van der Waals surface area contributed by atoms with Crippen LogP contribution in [0.2, 0.25) is 0 Å². The Morgan fingerprint density at radius 3 is 2.39 bits per heavy atom. The van der Waals surface area contributed by atoms with Crippen molar-refractivity contribution >= 4 is 10.0 Å². The number of hydrogen-bond acceptors (Lipinski definition) is 5. The van der Waals surface area contributed by atoms with Crippen LogP contribution in [0.15, 0.2) is 61.2 Å². The Bertz CT molecular complexity index is 1350. The van der Waals surface area contributed by atoms with Gasteiger partial charge in [-0.25, -0.2) is 12.8 Å². The maximum Gasteiger partial charge on any atom is 0.221 e. The third-order valence-electron chi connectivity index (χ3n) is 8.01. The molecule has 0 N–H and O–H groups in total. The van der Waals surface area contributed by atoms with Gasteiger partial charge in [-0.2, -0.15) is 9.57 Å². The summed E-state index contributed by atoms with van der Waals surface area (Å²) < 4.78 is 45.9. The lowest BCUT2D eigenvalue weighted by atomic mass is 9.69. The van der Waals surface area contributed by atoms with Crippen molar-refractivity contribution in [3.05, 3.63) is 83.7 Å². The Balaban J connectivity index is 1.36. The van der Waals surface area contributed by atoms with Crippen LogP contribution in [-0.4, -0.2) is 33.5 Å². The first kappa shape index (κ1) is 24.6. The lowest BCUT2D eigenvalue weighted by Gasteiger charge is -2.38. The molecule has 0 radical (unpaired) electrons. The van der Waals surface area contributed by atoms with E-state index >= 15 is 4.39 Å². The molecule has 188 valence electrons. The van der Waals surface area contributed by atoms with Crippen molar-refractivity contribution in [2.75, 3.05) is 0 Å². The Hall–Kier alpha value is -3.09. The molecule has 5 rings (SSSR count). The number of hydrogen-bond donors (Lipinski definition) is 0. The van der Waals surface area contributed by atoms with Crippen LogP contribution < -0.4 is 0 Å². The number of nitriles is 1. The first-order chi connectivity index (χ1) is 17.3. The predicted octanol–water partition coefficient (Wildman–Crippen LogP) is 5.05. The van der Waals surface area contributed by atoms with Crippen molar-refractivity contribution in [3.63, 3.8) is 0 Å². The van der Waals surface area contributed by atoms with Crippen molar-refractivity contribution in [2.24, 2.45) is 0 Å². The summed E-state index contributed by atoms with van der Waals surface area (Å²) in [6.45, 7) is 1.86. The minimum atomic E-state index is -3.65. The molecular weight excluding hydrogens is 477 g/mol. The summed E-state index contributed by atoms with van der Waals surface area (Å²) in [5, 5.41) is 17.2. The first-order valence-electron chi connectivity index (χ1n) is 12.4. The molecule has 0 unspecified atom stereocenters. The molecule has 1 aromatic heterocycles. The van der Waals surface area contributed by atoms with Crippen LogP contribution in [0, 0.1) is 17.1 Å². The Labute approximate surface area is 211 Å². The van der Waals surface area contributed by atoms with Crippen LogP contribution in [0.4, 0.5) is 4.39 Å². The molecule has 0 amide bonds. The van der Waals surface area contributed by atoms with Gasteiger partial charge < -0.3 is 4.57 Å². The molecule has 2 aliphatic rings. The highest BCUT2D eigenvalue weighted by Crippen LogP contribution is 2.43. The van der Waals surface area contributed by atoms with E-state index in [-0.39, 0.29) is 18.6 Å². The molecule has 2 fully saturated rings. The third kappa shape index (κ3) is 4.44. The molecule has 1 saturated heterocycles. The number of aromatic nitrogens is 3. The minimum absolute atomic E-state index is 0.0196. The molecule has 36 heavy (non-hydrogen) atoms. The second-order valence-corrected chi connectivity index (χ2v) is 12.1. The molecule has 3 aromatic rings. The smallest absolute Gasteiger partial charge is 0.221 e. The van der Waals surface area contributed by atoms with Gasteiger partial charge in [-0.05, 0) is 62.6 Å². The predicted molar refractivity (Wildman–Crippen MR) is 134 cm³/mol. The van der Waals surface area contributed by atoms with Crippen LogP contribution in [-0.2, 0) is 22.0 Å². The Kier molecular flexibility index (Phi) is 6.66. The van der Waals surface area contributed by atoms with E-state index in [4.69, 9.17) is 0 Å². The second-order valence-electron chi connectivity index (χ2n) is 10.1. The highest BCUT2D eigenvalue weighted by Gasteiger charge is 2.41. The average molecular weight is 508 g/mol. The monoisotopic (exact) mass is 507 g/mol. The van der Waals surface area contributed by atoms with Gasteiger partial charge in [0.25, 0.3) is 0 Å². The van der Waals surface area contributed by atoms with Crippen molar-refractivity contribution in [2.45, 2.75) is 74.7 Å². The molecule has 2 atom stereocenters. The lowest BCUT2D eigenvalue weighted by Crippen LogP contribution is -2.44. The topological polar surface area (TPSA) is 91.9 Å². The lowest BCUT2D eigenvalue weighted by molar-refractivity contribution is 0.274. The second kappa shape index (κ2) is 9.75. The fraction of sp³-hybridized carbons (Fsp3) is 0.444. The van der Waals surface area contributed by atoms with Crippen molar-refractivity contribution in [1.29, 1.82) is 5.26 Å². The maximum atomic E-state index is 15.4. The van der Waals surface area contributed by atoms with Gasteiger partial charge in [0, 0.05) is 24.2 Å². The van der Waals surface area contributed by atoms with E-state index in [9.17, 15) is 13.7 Å². The first-order valence-corrected chi connectivity index (χ1v) is 13.9. The quantitative estimate of drug-likeness (QED) is 0.482. The van der Waals surface area contributed by atoms with Crippen LogP contribution in [0.3, 0.4) is 0 Å². The minimum Gasteiger partial charge on any atom is -0.317 e. The van der Waals surface area contributed by atoms with E-state index in [1.165, 1.54) is 10.4 Å². The van der Waals surface area contributed by atoms with Crippen molar-refractivity contribution in [1.82, 2.24) is 19.1 Å². The van der Waals surface area contributed by atoms with Gasteiger partial charge in [-0.15, -0.1) is 10.2 Å². The number of halogens is 1. The van der Waals surface area contributed by atoms with E-state index in [0.29, 0.717) is 36.8 Å². The van der Waals surface area contributed by atoms with Crippen molar-refractivity contribution in [3.8, 4) is 6.07 Å². The number of sulfonamides is 1. The molecule has 1 aliphatic carbocycles. The molecule has 9 heteroatoms.